The summed E-state index contributed by atoms with van der Waals surface area (Å²) in [6, 6.07) is 18.1. The topological polar surface area (TPSA) is 70.2 Å². The second-order valence-electron chi connectivity index (χ2n) is 7.30. The van der Waals surface area contributed by atoms with Crippen LogP contribution in [0.25, 0.3) is 10.9 Å². The number of fused-ring (bicyclic) bond motifs is 1. The molecule has 0 spiro atoms. The highest BCUT2D eigenvalue weighted by molar-refractivity contribution is 6.00. The normalized spacial score (nSPS) is 17.0. The van der Waals surface area contributed by atoms with Gasteiger partial charge in [-0.3, -0.25) is 0 Å². The van der Waals surface area contributed by atoms with E-state index < -0.39 is 0 Å². The molecule has 1 atom stereocenters. The number of hydrogen-bond donors (Lipinski definition) is 2. The Morgan fingerprint density at radius 2 is 2.00 bits per heavy atom. The fourth-order valence-corrected chi connectivity index (χ4v) is 3.80. The summed E-state index contributed by atoms with van der Waals surface area (Å²) >= 11 is 0. The van der Waals surface area contributed by atoms with E-state index in [1.807, 2.05) is 31.2 Å². The molecule has 2 heterocycles. The molecular weight excluding hydrogens is 350 g/mol. The van der Waals surface area contributed by atoms with Crippen LogP contribution in [-0.2, 0) is 0 Å². The standard InChI is InChI=1S/C22H25N5O/c1-16-14-19-20(8-5-9-21(19)26-25-16)24-22(28)23-11-13-27-12-10-18(15-27)17-6-3-2-4-7-17/h2-9,14,18H,10-13,15H2,1H3,(H2,23,24,28). The third-order valence-electron chi connectivity index (χ3n) is 5.26. The molecule has 1 fully saturated rings. The Hall–Kier alpha value is -2.99. The highest BCUT2D eigenvalue weighted by Gasteiger charge is 2.23. The first kappa shape index (κ1) is 18.4. The first-order valence-corrected chi connectivity index (χ1v) is 9.74. The second-order valence-corrected chi connectivity index (χ2v) is 7.30. The van der Waals surface area contributed by atoms with E-state index in [2.05, 4.69) is 56.1 Å². The quantitative estimate of drug-likeness (QED) is 0.715. The van der Waals surface area contributed by atoms with Crippen molar-refractivity contribution in [3.8, 4) is 0 Å². The zero-order valence-electron chi connectivity index (χ0n) is 16.1. The van der Waals surface area contributed by atoms with Gasteiger partial charge >= 0.3 is 6.03 Å². The van der Waals surface area contributed by atoms with E-state index in [0.29, 0.717) is 12.5 Å². The number of anilines is 1. The molecule has 1 aromatic heterocycles. The van der Waals surface area contributed by atoms with Crippen molar-refractivity contribution in [1.29, 1.82) is 0 Å². The molecule has 0 bridgehead atoms. The molecule has 1 aliphatic heterocycles. The van der Waals surface area contributed by atoms with Crippen molar-refractivity contribution in [2.45, 2.75) is 19.3 Å². The zero-order chi connectivity index (χ0) is 19.3. The van der Waals surface area contributed by atoms with E-state index in [1.165, 1.54) is 12.0 Å². The van der Waals surface area contributed by atoms with Gasteiger partial charge in [-0.05, 0) is 49.6 Å². The van der Waals surface area contributed by atoms with Gasteiger partial charge in [0.2, 0.25) is 0 Å². The first-order chi connectivity index (χ1) is 13.7. The molecule has 6 heteroatoms. The monoisotopic (exact) mass is 375 g/mol. The van der Waals surface area contributed by atoms with Gasteiger partial charge in [-0.15, -0.1) is 0 Å². The van der Waals surface area contributed by atoms with E-state index in [0.717, 1.165) is 41.9 Å². The summed E-state index contributed by atoms with van der Waals surface area (Å²) in [4.78, 5) is 14.7. The molecule has 2 aromatic carbocycles. The highest BCUT2D eigenvalue weighted by Crippen LogP contribution is 2.26. The van der Waals surface area contributed by atoms with E-state index in [4.69, 9.17) is 0 Å². The largest absolute Gasteiger partial charge is 0.337 e. The first-order valence-electron chi connectivity index (χ1n) is 9.74. The number of aryl methyl sites for hydroxylation is 1. The molecule has 1 unspecified atom stereocenters. The van der Waals surface area contributed by atoms with Gasteiger partial charge in [0.25, 0.3) is 0 Å². The van der Waals surface area contributed by atoms with Gasteiger partial charge in [0.15, 0.2) is 0 Å². The van der Waals surface area contributed by atoms with E-state index >= 15 is 0 Å². The number of rotatable bonds is 5. The molecule has 0 aliphatic carbocycles. The Morgan fingerprint density at radius 1 is 1.14 bits per heavy atom. The fraction of sp³-hybridized carbons (Fsp3) is 0.318. The van der Waals surface area contributed by atoms with Crippen LogP contribution in [0.1, 0.15) is 23.6 Å². The molecule has 2 N–H and O–H groups in total. The molecule has 1 aliphatic rings. The fourth-order valence-electron chi connectivity index (χ4n) is 3.80. The maximum absolute atomic E-state index is 12.3. The van der Waals surface area contributed by atoms with E-state index in [1.54, 1.807) is 0 Å². The van der Waals surface area contributed by atoms with Crippen molar-refractivity contribution >= 4 is 22.6 Å². The summed E-state index contributed by atoms with van der Waals surface area (Å²) in [7, 11) is 0. The molecule has 28 heavy (non-hydrogen) atoms. The number of benzene rings is 2. The van der Waals surface area contributed by atoms with Gasteiger partial charge in [0, 0.05) is 25.0 Å². The molecule has 1 saturated heterocycles. The lowest BCUT2D eigenvalue weighted by molar-refractivity contribution is 0.249. The number of amides is 2. The van der Waals surface area contributed by atoms with Gasteiger partial charge in [-0.2, -0.15) is 10.2 Å². The van der Waals surface area contributed by atoms with Gasteiger partial charge < -0.3 is 15.5 Å². The van der Waals surface area contributed by atoms with Crippen LogP contribution in [-0.4, -0.2) is 47.3 Å². The lowest BCUT2D eigenvalue weighted by Gasteiger charge is -2.17. The minimum absolute atomic E-state index is 0.194. The average Bonchev–Trinajstić information content (AvgIpc) is 3.18. The number of aromatic nitrogens is 2. The smallest absolute Gasteiger partial charge is 0.319 e. The highest BCUT2D eigenvalue weighted by atomic mass is 16.2. The average molecular weight is 375 g/mol. The van der Waals surface area contributed by atoms with Crippen molar-refractivity contribution in [3.63, 3.8) is 0 Å². The van der Waals surface area contributed by atoms with Crippen molar-refractivity contribution in [3.05, 3.63) is 65.9 Å². The lowest BCUT2D eigenvalue weighted by Crippen LogP contribution is -2.36. The summed E-state index contributed by atoms with van der Waals surface area (Å²) < 4.78 is 0. The van der Waals surface area contributed by atoms with Crippen LogP contribution in [0.4, 0.5) is 10.5 Å². The minimum Gasteiger partial charge on any atom is -0.337 e. The Morgan fingerprint density at radius 3 is 2.86 bits per heavy atom. The predicted octanol–water partition coefficient (Wildman–Crippen LogP) is 3.55. The number of carbonyl (C=O) groups excluding carboxylic acids is 1. The van der Waals surface area contributed by atoms with Crippen molar-refractivity contribution in [2.75, 3.05) is 31.5 Å². The van der Waals surface area contributed by atoms with Crippen LogP contribution in [0, 0.1) is 6.92 Å². The number of carbonyl (C=O) groups is 1. The van der Waals surface area contributed by atoms with Crippen LogP contribution in [0.3, 0.4) is 0 Å². The summed E-state index contributed by atoms with van der Waals surface area (Å²) in [6.45, 7) is 5.49. The Bertz CT molecular complexity index is 960. The van der Waals surface area contributed by atoms with Crippen molar-refractivity contribution in [2.24, 2.45) is 0 Å². The second kappa shape index (κ2) is 8.35. The number of urea groups is 1. The third-order valence-corrected chi connectivity index (χ3v) is 5.26. The van der Waals surface area contributed by atoms with Crippen molar-refractivity contribution < 1.29 is 4.79 Å². The molecule has 6 nitrogen and oxygen atoms in total. The van der Waals surface area contributed by atoms with E-state index in [9.17, 15) is 4.79 Å². The van der Waals surface area contributed by atoms with Crippen LogP contribution in [0.2, 0.25) is 0 Å². The van der Waals surface area contributed by atoms with Crippen LogP contribution < -0.4 is 10.6 Å². The molecule has 4 rings (SSSR count). The number of likely N-dealkylation sites (tertiary alicyclic amines) is 1. The lowest BCUT2D eigenvalue weighted by atomic mass is 9.99. The molecule has 2 amide bonds. The zero-order valence-corrected chi connectivity index (χ0v) is 16.1. The molecule has 0 radical (unpaired) electrons. The Kier molecular flexibility index (Phi) is 5.48. The summed E-state index contributed by atoms with van der Waals surface area (Å²) in [5.41, 5.74) is 3.75. The molecule has 0 saturated carbocycles. The summed E-state index contributed by atoms with van der Waals surface area (Å²) in [5.74, 6) is 0.593. The van der Waals surface area contributed by atoms with Crippen LogP contribution in [0.15, 0.2) is 54.6 Å². The number of nitrogens with zero attached hydrogens (tertiary/aromatic N) is 3. The predicted molar refractivity (Wildman–Crippen MR) is 112 cm³/mol. The number of nitrogens with one attached hydrogen (secondary N) is 2. The van der Waals surface area contributed by atoms with Crippen LogP contribution in [0.5, 0.6) is 0 Å². The van der Waals surface area contributed by atoms with E-state index in [-0.39, 0.29) is 6.03 Å². The SMILES string of the molecule is Cc1cc2c(NC(=O)NCCN3CCC(c4ccccc4)C3)cccc2nn1. The van der Waals surface area contributed by atoms with Gasteiger partial charge in [-0.1, -0.05) is 36.4 Å². The Labute approximate surface area is 165 Å². The molecule has 144 valence electrons. The number of hydrogen-bond acceptors (Lipinski definition) is 4. The minimum atomic E-state index is -0.194. The Balaban J connectivity index is 1.27. The van der Waals surface area contributed by atoms with Crippen molar-refractivity contribution in [1.82, 2.24) is 20.4 Å². The molecule has 3 aromatic rings. The van der Waals surface area contributed by atoms with Gasteiger partial charge in [-0.25, -0.2) is 4.79 Å². The molecular formula is C22H25N5O. The van der Waals surface area contributed by atoms with Gasteiger partial charge in [0.05, 0.1) is 16.9 Å². The summed E-state index contributed by atoms with van der Waals surface area (Å²) in [5, 5.41) is 15.0. The van der Waals surface area contributed by atoms with Gasteiger partial charge in [0.1, 0.15) is 0 Å². The maximum atomic E-state index is 12.3. The summed E-state index contributed by atoms with van der Waals surface area (Å²) in [6.07, 6.45) is 1.17. The van der Waals surface area contributed by atoms with Crippen LogP contribution >= 0.6 is 0 Å². The third kappa shape index (κ3) is 4.28. The maximum Gasteiger partial charge on any atom is 0.319 e.